The fourth-order valence-corrected chi connectivity index (χ4v) is 3.03. The first kappa shape index (κ1) is 27.2. The molecule has 0 aliphatic heterocycles. The number of carbonyl (C=O) groups is 4. The summed E-state index contributed by atoms with van der Waals surface area (Å²) in [5, 5.41) is 0. The van der Waals surface area contributed by atoms with Gasteiger partial charge in [0.1, 0.15) is 0 Å². The Morgan fingerprint density at radius 2 is 1.10 bits per heavy atom. The number of esters is 4. The van der Waals surface area contributed by atoms with Crippen molar-refractivity contribution in [3.63, 3.8) is 0 Å². The highest BCUT2D eigenvalue weighted by Gasteiger charge is 2.72. The van der Waals surface area contributed by atoms with E-state index in [1.807, 2.05) is 0 Å². The SMILES string of the molecule is CC#CCC(C(=O)OCC)(C(=O)OCC)C(C/C=C\C)(C(=O)OCC)C(=O)OCC. The highest BCUT2D eigenvalue weighted by atomic mass is 16.6. The molecule has 0 aliphatic carbocycles. The summed E-state index contributed by atoms with van der Waals surface area (Å²) in [4.78, 5) is 53.2. The lowest BCUT2D eigenvalue weighted by Crippen LogP contribution is -2.62. The molecular weight excluding hydrogens is 392 g/mol. The zero-order chi connectivity index (χ0) is 23.2. The Bertz CT molecular complexity index is 660. The number of hydrogen-bond acceptors (Lipinski definition) is 8. The second-order valence-corrected chi connectivity index (χ2v) is 6.07. The summed E-state index contributed by atoms with van der Waals surface area (Å²) in [6, 6.07) is 0. The van der Waals surface area contributed by atoms with Crippen molar-refractivity contribution in [2.75, 3.05) is 26.4 Å². The summed E-state index contributed by atoms with van der Waals surface area (Å²) < 4.78 is 20.7. The Morgan fingerprint density at radius 3 is 1.40 bits per heavy atom. The third kappa shape index (κ3) is 5.41. The number of allylic oxidation sites excluding steroid dienone is 2. The molecule has 0 N–H and O–H groups in total. The third-order valence-electron chi connectivity index (χ3n) is 4.41. The lowest BCUT2D eigenvalue weighted by Gasteiger charge is -2.41. The zero-order valence-electron chi connectivity index (χ0n) is 18.7. The van der Waals surface area contributed by atoms with E-state index in [4.69, 9.17) is 18.9 Å². The topological polar surface area (TPSA) is 105 Å². The van der Waals surface area contributed by atoms with Crippen molar-refractivity contribution >= 4 is 23.9 Å². The Morgan fingerprint density at radius 1 is 0.733 bits per heavy atom. The van der Waals surface area contributed by atoms with E-state index in [-0.39, 0.29) is 32.8 Å². The van der Waals surface area contributed by atoms with E-state index in [1.54, 1.807) is 40.7 Å². The van der Waals surface area contributed by atoms with Gasteiger partial charge in [-0.15, -0.1) is 11.8 Å². The van der Waals surface area contributed by atoms with Crippen molar-refractivity contribution in [2.45, 2.75) is 54.4 Å². The van der Waals surface area contributed by atoms with Crippen LogP contribution in [0.25, 0.3) is 0 Å². The van der Waals surface area contributed by atoms with Crippen LogP contribution in [0.2, 0.25) is 0 Å². The average molecular weight is 424 g/mol. The predicted molar refractivity (Wildman–Crippen MR) is 109 cm³/mol. The van der Waals surface area contributed by atoms with Crippen molar-refractivity contribution in [2.24, 2.45) is 10.8 Å². The number of ether oxygens (including phenoxy) is 4. The molecule has 0 heterocycles. The minimum atomic E-state index is -2.42. The van der Waals surface area contributed by atoms with E-state index >= 15 is 0 Å². The number of carbonyl (C=O) groups excluding carboxylic acids is 4. The van der Waals surface area contributed by atoms with Gasteiger partial charge in [-0.2, -0.15) is 0 Å². The van der Waals surface area contributed by atoms with Crippen LogP contribution in [0.3, 0.4) is 0 Å². The first-order valence-electron chi connectivity index (χ1n) is 10.00. The summed E-state index contributed by atoms with van der Waals surface area (Å²) in [6.45, 7) is 9.00. The van der Waals surface area contributed by atoms with Crippen LogP contribution in [0.1, 0.15) is 54.4 Å². The number of hydrogen-bond donors (Lipinski definition) is 0. The Balaban J connectivity index is 7.42. The molecule has 0 atom stereocenters. The fourth-order valence-electron chi connectivity index (χ4n) is 3.03. The summed E-state index contributed by atoms with van der Waals surface area (Å²) in [5.74, 6) is 0.885. The quantitative estimate of drug-likeness (QED) is 0.155. The van der Waals surface area contributed by atoms with Gasteiger partial charge in [0.25, 0.3) is 0 Å². The minimum absolute atomic E-state index is 0.0863. The summed E-state index contributed by atoms with van der Waals surface area (Å²) in [6.07, 6.45) is 2.24. The lowest BCUT2D eigenvalue weighted by atomic mass is 9.59. The van der Waals surface area contributed by atoms with E-state index in [9.17, 15) is 19.2 Å². The van der Waals surface area contributed by atoms with Gasteiger partial charge in [0, 0.05) is 6.42 Å². The van der Waals surface area contributed by atoms with E-state index in [0.717, 1.165) is 0 Å². The second kappa shape index (κ2) is 13.4. The van der Waals surface area contributed by atoms with Crippen LogP contribution in [-0.4, -0.2) is 50.3 Å². The normalized spacial score (nSPS) is 11.3. The van der Waals surface area contributed by atoms with Crippen molar-refractivity contribution in [1.29, 1.82) is 0 Å². The Kier molecular flexibility index (Phi) is 12.2. The van der Waals surface area contributed by atoms with Gasteiger partial charge in [-0.25, -0.2) is 0 Å². The zero-order valence-corrected chi connectivity index (χ0v) is 18.7. The molecular formula is C22H32O8. The van der Waals surface area contributed by atoms with Gasteiger partial charge < -0.3 is 18.9 Å². The van der Waals surface area contributed by atoms with Gasteiger partial charge in [0.15, 0.2) is 5.41 Å². The smallest absolute Gasteiger partial charge is 0.326 e. The van der Waals surface area contributed by atoms with Crippen LogP contribution in [0, 0.1) is 22.7 Å². The maximum Gasteiger partial charge on any atom is 0.326 e. The van der Waals surface area contributed by atoms with Gasteiger partial charge in [0.2, 0.25) is 5.41 Å². The summed E-state index contributed by atoms with van der Waals surface area (Å²) in [5.41, 5.74) is -4.80. The monoisotopic (exact) mass is 424 g/mol. The van der Waals surface area contributed by atoms with Crippen LogP contribution >= 0.6 is 0 Å². The molecule has 0 rings (SSSR count). The molecule has 0 unspecified atom stereocenters. The minimum Gasteiger partial charge on any atom is -0.465 e. The lowest BCUT2D eigenvalue weighted by molar-refractivity contribution is -0.203. The molecule has 0 bridgehead atoms. The first-order valence-corrected chi connectivity index (χ1v) is 10.00. The first-order chi connectivity index (χ1) is 14.3. The molecule has 0 saturated carbocycles. The number of rotatable bonds is 12. The van der Waals surface area contributed by atoms with Crippen molar-refractivity contribution in [3.8, 4) is 11.8 Å². The molecule has 0 amide bonds. The summed E-state index contributed by atoms with van der Waals surface area (Å²) in [7, 11) is 0. The molecule has 0 fully saturated rings. The molecule has 0 aromatic rings. The van der Waals surface area contributed by atoms with Crippen molar-refractivity contribution in [3.05, 3.63) is 12.2 Å². The molecule has 0 radical (unpaired) electrons. The third-order valence-corrected chi connectivity index (χ3v) is 4.41. The molecule has 8 heteroatoms. The molecule has 0 aromatic carbocycles. The predicted octanol–water partition coefficient (Wildman–Crippen LogP) is 2.59. The Hall–Kier alpha value is -2.82. The molecule has 168 valence electrons. The maximum atomic E-state index is 13.3. The van der Waals surface area contributed by atoms with E-state index in [1.165, 1.54) is 13.0 Å². The van der Waals surface area contributed by atoms with E-state index in [2.05, 4.69) is 11.8 Å². The molecule has 30 heavy (non-hydrogen) atoms. The molecule has 0 saturated heterocycles. The van der Waals surface area contributed by atoms with Crippen LogP contribution < -0.4 is 0 Å². The van der Waals surface area contributed by atoms with Crippen LogP contribution in [0.5, 0.6) is 0 Å². The van der Waals surface area contributed by atoms with Gasteiger partial charge in [-0.05, 0) is 48.0 Å². The second-order valence-electron chi connectivity index (χ2n) is 6.07. The van der Waals surface area contributed by atoms with Crippen molar-refractivity contribution in [1.82, 2.24) is 0 Å². The molecule has 0 aliphatic rings. The highest BCUT2D eigenvalue weighted by Crippen LogP contribution is 2.50. The summed E-state index contributed by atoms with van der Waals surface area (Å²) >= 11 is 0. The molecule has 8 nitrogen and oxygen atoms in total. The molecule has 0 aromatic heterocycles. The van der Waals surface area contributed by atoms with Crippen LogP contribution in [-0.2, 0) is 38.1 Å². The van der Waals surface area contributed by atoms with Crippen molar-refractivity contribution < 1.29 is 38.1 Å². The average Bonchev–Trinajstić information content (AvgIpc) is 2.71. The van der Waals surface area contributed by atoms with Crippen LogP contribution in [0.4, 0.5) is 0 Å². The van der Waals surface area contributed by atoms with Gasteiger partial charge >= 0.3 is 23.9 Å². The maximum absolute atomic E-state index is 13.3. The van der Waals surface area contributed by atoms with Crippen LogP contribution in [0.15, 0.2) is 12.2 Å². The molecule has 0 spiro atoms. The largest absolute Gasteiger partial charge is 0.465 e. The van der Waals surface area contributed by atoms with Gasteiger partial charge in [-0.3, -0.25) is 19.2 Å². The van der Waals surface area contributed by atoms with Gasteiger partial charge in [-0.1, -0.05) is 12.2 Å². The van der Waals surface area contributed by atoms with E-state index in [0.29, 0.717) is 0 Å². The highest BCUT2D eigenvalue weighted by molar-refractivity contribution is 6.15. The fraction of sp³-hybridized carbons (Fsp3) is 0.636. The Labute approximate surface area is 178 Å². The standard InChI is InChI=1S/C22H32O8/c1-7-13-15-21(17(23)27-9-3,18(24)28-10-4)22(16-14-8-2,19(25)29-11-5)20(26)30-12-6/h7,13H,9-12,15-16H2,1-6H3/b13-7-. The van der Waals surface area contributed by atoms with Gasteiger partial charge in [0.05, 0.1) is 26.4 Å². The van der Waals surface area contributed by atoms with E-state index < -0.39 is 41.1 Å².